The molecule has 1 aromatic carbocycles. The number of benzene rings is 1. The van der Waals surface area contributed by atoms with E-state index < -0.39 is 0 Å². The lowest BCUT2D eigenvalue weighted by atomic mass is 10.1. The highest BCUT2D eigenvalue weighted by atomic mass is 35.5. The van der Waals surface area contributed by atoms with Crippen molar-refractivity contribution in [2.24, 2.45) is 11.0 Å². The van der Waals surface area contributed by atoms with E-state index in [1.165, 1.54) is 0 Å². The third-order valence-electron chi connectivity index (χ3n) is 2.98. The van der Waals surface area contributed by atoms with Gasteiger partial charge in [0.2, 0.25) is 5.91 Å². The molecule has 0 radical (unpaired) electrons. The van der Waals surface area contributed by atoms with Crippen LogP contribution in [0.4, 0.5) is 0 Å². The first kappa shape index (κ1) is 12.7. The van der Waals surface area contributed by atoms with Crippen LogP contribution in [0.25, 0.3) is 10.4 Å². The van der Waals surface area contributed by atoms with Crippen molar-refractivity contribution in [2.45, 2.75) is 13.0 Å². The fourth-order valence-electron chi connectivity index (χ4n) is 2.09. The number of azide groups is 1. The molecular formula is C12H13ClN4O. The lowest BCUT2D eigenvalue weighted by molar-refractivity contribution is -0.128. The summed E-state index contributed by atoms with van der Waals surface area (Å²) in [5.74, 6) is 0.254. The summed E-state index contributed by atoms with van der Waals surface area (Å²) in [7, 11) is 0. The smallest absolute Gasteiger partial charge is 0.223 e. The van der Waals surface area contributed by atoms with Crippen molar-refractivity contribution in [3.63, 3.8) is 0 Å². The standard InChI is InChI=1S/C12H13ClN4O/c13-11-3-1-9(2-4-11)7-17-8-10(5-12(17)18)6-15-16-14/h1-4,10H,5-8H2. The molecule has 1 fully saturated rings. The van der Waals surface area contributed by atoms with Gasteiger partial charge in [0.25, 0.3) is 0 Å². The summed E-state index contributed by atoms with van der Waals surface area (Å²) in [6, 6.07) is 7.45. The summed E-state index contributed by atoms with van der Waals surface area (Å²) in [4.78, 5) is 16.3. The Balaban J connectivity index is 1.95. The van der Waals surface area contributed by atoms with E-state index in [0.717, 1.165) is 5.56 Å². The Morgan fingerprint density at radius 3 is 2.83 bits per heavy atom. The van der Waals surface area contributed by atoms with Crippen molar-refractivity contribution in [1.82, 2.24) is 4.90 Å². The summed E-state index contributed by atoms with van der Waals surface area (Å²) in [5.41, 5.74) is 9.32. The lowest BCUT2D eigenvalue weighted by Crippen LogP contribution is -2.24. The number of hydrogen-bond acceptors (Lipinski definition) is 2. The second-order valence-electron chi connectivity index (χ2n) is 4.38. The number of carbonyl (C=O) groups is 1. The Morgan fingerprint density at radius 2 is 2.17 bits per heavy atom. The third-order valence-corrected chi connectivity index (χ3v) is 3.24. The Kier molecular flexibility index (Phi) is 4.07. The van der Waals surface area contributed by atoms with Gasteiger partial charge in [0.05, 0.1) is 0 Å². The van der Waals surface area contributed by atoms with E-state index >= 15 is 0 Å². The Morgan fingerprint density at radius 1 is 1.44 bits per heavy atom. The number of carbonyl (C=O) groups excluding carboxylic acids is 1. The Hall–Kier alpha value is -1.71. The van der Waals surface area contributed by atoms with Crippen molar-refractivity contribution >= 4 is 17.5 Å². The van der Waals surface area contributed by atoms with Crippen LogP contribution in [0.3, 0.4) is 0 Å². The molecule has 6 heteroatoms. The molecule has 5 nitrogen and oxygen atoms in total. The summed E-state index contributed by atoms with van der Waals surface area (Å²) in [6.07, 6.45) is 0.465. The van der Waals surface area contributed by atoms with Gasteiger partial charge in [-0.05, 0) is 29.1 Å². The highest BCUT2D eigenvalue weighted by Crippen LogP contribution is 2.21. The minimum Gasteiger partial charge on any atom is -0.338 e. The van der Waals surface area contributed by atoms with Gasteiger partial charge >= 0.3 is 0 Å². The molecule has 1 aliphatic heterocycles. The highest BCUT2D eigenvalue weighted by molar-refractivity contribution is 6.30. The molecule has 0 N–H and O–H groups in total. The zero-order chi connectivity index (χ0) is 13.0. The fraction of sp³-hybridized carbons (Fsp3) is 0.417. The van der Waals surface area contributed by atoms with Gasteiger partial charge in [0, 0.05) is 36.0 Å². The topological polar surface area (TPSA) is 69.1 Å². The number of hydrogen-bond donors (Lipinski definition) is 0. The Labute approximate surface area is 110 Å². The van der Waals surface area contributed by atoms with Gasteiger partial charge in [0.1, 0.15) is 0 Å². The van der Waals surface area contributed by atoms with Crippen LogP contribution < -0.4 is 0 Å². The molecule has 94 valence electrons. The van der Waals surface area contributed by atoms with Crippen LogP contribution in [-0.4, -0.2) is 23.9 Å². The molecule has 1 aromatic rings. The first-order valence-electron chi connectivity index (χ1n) is 5.72. The summed E-state index contributed by atoms with van der Waals surface area (Å²) in [5, 5.41) is 4.21. The van der Waals surface area contributed by atoms with Gasteiger partial charge in [-0.1, -0.05) is 28.8 Å². The zero-order valence-electron chi connectivity index (χ0n) is 9.79. The van der Waals surface area contributed by atoms with E-state index in [1.807, 2.05) is 24.3 Å². The van der Waals surface area contributed by atoms with E-state index in [-0.39, 0.29) is 11.8 Å². The van der Waals surface area contributed by atoms with E-state index in [9.17, 15) is 4.79 Å². The van der Waals surface area contributed by atoms with Crippen LogP contribution in [0.15, 0.2) is 29.4 Å². The maximum absolute atomic E-state index is 11.8. The SMILES string of the molecule is [N-]=[N+]=NCC1CC(=O)N(Cc2ccc(Cl)cc2)C1. The number of likely N-dealkylation sites (tertiary alicyclic amines) is 1. The molecule has 1 saturated heterocycles. The van der Waals surface area contributed by atoms with Crippen LogP contribution >= 0.6 is 11.6 Å². The molecule has 2 rings (SSSR count). The predicted octanol–water partition coefficient (Wildman–Crippen LogP) is 3.00. The van der Waals surface area contributed by atoms with Gasteiger partial charge < -0.3 is 4.90 Å². The van der Waals surface area contributed by atoms with Gasteiger partial charge in [-0.3, -0.25) is 4.79 Å². The second kappa shape index (κ2) is 5.76. The number of nitrogens with zero attached hydrogens (tertiary/aromatic N) is 4. The van der Waals surface area contributed by atoms with Gasteiger partial charge in [0.15, 0.2) is 0 Å². The minimum atomic E-state index is 0.114. The lowest BCUT2D eigenvalue weighted by Gasteiger charge is -2.16. The van der Waals surface area contributed by atoms with Crippen LogP contribution in [0, 0.1) is 5.92 Å². The zero-order valence-corrected chi connectivity index (χ0v) is 10.5. The number of amides is 1. The van der Waals surface area contributed by atoms with Gasteiger partial charge in [-0.15, -0.1) is 0 Å². The van der Waals surface area contributed by atoms with Crippen LogP contribution in [0.5, 0.6) is 0 Å². The molecule has 1 heterocycles. The van der Waals surface area contributed by atoms with Crippen LogP contribution in [0.2, 0.25) is 5.02 Å². The molecule has 1 atom stereocenters. The Bertz CT molecular complexity index is 481. The largest absolute Gasteiger partial charge is 0.338 e. The number of rotatable bonds is 4. The van der Waals surface area contributed by atoms with E-state index in [1.54, 1.807) is 4.90 Å². The average Bonchev–Trinajstić information content (AvgIpc) is 2.70. The van der Waals surface area contributed by atoms with Crippen molar-refractivity contribution < 1.29 is 4.79 Å². The molecule has 18 heavy (non-hydrogen) atoms. The van der Waals surface area contributed by atoms with Crippen LogP contribution in [-0.2, 0) is 11.3 Å². The molecule has 1 aliphatic rings. The molecule has 1 amide bonds. The monoisotopic (exact) mass is 264 g/mol. The minimum absolute atomic E-state index is 0.114. The van der Waals surface area contributed by atoms with Crippen molar-refractivity contribution in [2.75, 3.05) is 13.1 Å². The summed E-state index contributed by atoms with van der Waals surface area (Å²) < 4.78 is 0. The normalized spacial score (nSPS) is 18.8. The van der Waals surface area contributed by atoms with Crippen LogP contribution in [0.1, 0.15) is 12.0 Å². The van der Waals surface area contributed by atoms with E-state index in [2.05, 4.69) is 10.0 Å². The fourth-order valence-corrected chi connectivity index (χ4v) is 2.22. The maximum Gasteiger partial charge on any atom is 0.223 e. The molecule has 0 aliphatic carbocycles. The third kappa shape index (κ3) is 3.15. The molecule has 0 aromatic heterocycles. The maximum atomic E-state index is 11.8. The van der Waals surface area contributed by atoms with E-state index in [0.29, 0.717) is 31.1 Å². The average molecular weight is 265 g/mol. The van der Waals surface area contributed by atoms with Crippen molar-refractivity contribution in [3.8, 4) is 0 Å². The quantitative estimate of drug-likeness (QED) is 0.468. The van der Waals surface area contributed by atoms with Crippen molar-refractivity contribution in [1.29, 1.82) is 0 Å². The second-order valence-corrected chi connectivity index (χ2v) is 4.82. The van der Waals surface area contributed by atoms with E-state index in [4.69, 9.17) is 17.1 Å². The first-order valence-corrected chi connectivity index (χ1v) is 6.10. The predicted molar refractivity (Wildman–Crippen MR) is 69.0 cm³/mol. The highest BCUT2D eigenvalue weighted by Gasteiger charge is 2.28. The molecule has 0 spiro atoms. The van der Waals surface area contributed by atoms with Crippen molar-refractivity contribution in [3.05, 3.63) is 45.3 Å². The summed E-state index contributed by atoms with van der Waals surface area (Å²) in [6.45, 7) is 1.63. The molecule has 0 saturated carbocycles. The molecule has 1 unspecified atom stereocenters. The molecular weight excluding hydrogens is 252 g/mol. The molecule has 0 bridgehead atoms. The van der Waals surface area contributed by atoms with Gasteiger partial charge in [-0.2, -0.15) is 0 Å². The first-order chi connectivity index (χ1) is 8.69. The van der Waals surface area contributed by atoms with Gasteiger partial charge in [-0.25, -0.2) is 0 Å². The number of halogens is 1. The summed E-state index contributed by atoms with van der Waals surface area (Å²) >= 11 is 5.81.